The molecule has 0 aliphatic carbocycles. The second-order valence-corrected chi connectivity index (χ2v) is 9.21. The number of hydrogen-bond acceptors (Lipinski definition) is 8. The maximum absolute atomic E-state index is 12.3. The van der Waals surface area contributed by atoms with Crippen LogP contribution in [-0.2, 0) is 22.4 Å². The molecule has 0 radical (unpaired) electrons. The van der Waals surface area contributed by atoms with E-state index in [9.17, 15) is 14.4 Å². The van der Waals surface area contributed by atoms with E-state index in [4.69, 9.17) is 5.73 Å². The van der Waals surface area contributed by atoms with Crippen LogP contribution in [-0.4, -0.2) is 91.9 Å². The molecule has 0 unspecified atom stereocenters. The molecule has 0 aliphatic rings. The number of amides is 3. The first-order valence-electron chi connectivity index (χ1n) is 12.7. The highest BCUT2D eigenvalue weighted by Gasteiger charge is 2.19. The molecule has 1 heterocycles. The van der Waals surface area contributed by atoms with Gasteiger partial charge in [0.25, 0.3) is 5.91 Å². The van der Waals surface area contributed by atoms with Crippen molar-refractivity contribution in [1.82, 2.24) is 25.1 Å². The van der Waals surface area contributed by atoms with Gasteiger partial charge in [-0.05, 0) is 51.6 Å². The maximum atomic E-state index is 12.3. The normalized spacial score (nSPS) is 11.0. The highest BCUT2D eigenvalue weighted by Crippen LogP contribution is 2.24. The van der Waals surface area contributed by atoms with Crippen LogP contribution in [0.2, 0.25) is 0 Å². The topological polar surface area (TPSA) is 137 Å². The van der Waals surface area contributed by atoms with Crippen LogP contribution >= 0.6 is 0 Å². The molecule has 38 heavy (non-hydrogen) atoms. The van der Waals surface area contributed by atoms with Gasteiger partial charge >= 0.3 is 0 Å². The Morgan fingerprint density at radius 1 is 1.08 bits per heavy atom. The van der Waals surface area contributed by atoms with Crippen LogP contribution in [0.15, 0.2) is 36.4 Å². The van der Waals surface area contributed by atoms with Crippen molar-refractivity contribution in [3.8, 4) is 0 Å². The fraction of sp³-hybridized carbons (Fsp3) is 0.444. The summed E-state index contributed by atoms with van der Waals surface area (Å²) in [6.45, 7) is 5.73. The third kappa shape index (κ3) is 9.15. The highest BCUT2D eigenvalue weighted by atomic mass is 16.2. The molecule has 0 bridgehead atoms. The molecule has 0 fully saturated rings. The number of nitrogens with zero attached hydrogens (tertiary/aromatic N) is 5. The average Bonchev–Trinajstić information content (AvgIpc) is 2.87. The summed E-state index contributed by atoms with van der Waals surface area (Å²) in [5.74, 6) is -0.128. The molecular formula is C27H40N8O3. The van der Waals surface area contributed by atoms with Crippen LogP contribution < -0.4 is 21.3 Å². The molecule has 11 nitrogen and oxygen atoms in total. The van der Waals surface area contributed by atoms with Gasteiger partial charge in [0.15, 0.2) is 17.3 Å². The summed E-state index contributed by atoms with van der Waals surface area (Å²) in [6.07, 6.45) is 4.43. The standard InChI is InChI=1S/C27H40N8O3/c1-7-21-27(34(5)8-2)32-26(24(31-21)25(28)38)30-20-12-9-11-19(17-20)14-15-29-22(36)18-35(6)23(37)13-10-16-33(3)4/h9-13,17H,7-8,14-16,18H2,1-6H3,(H2,28,38)(H,29,36)(H,30,32)/b13-10+. The molecule has 2 rings (SSSR count). The summed E-state index contributed by atoms with van der Waals surface area (Å²) < 4.78 is 0. The van der Waals surface area contributed by atoms with E-state index in [0.717, 1.165) is 17.8 Å². The number of hydrogen-bond donors (Lipinski definition) is 3. The van der Waals surface area contributed by atoms with Gasteiger partial charge in [-0.2, -0.15) is 0 Å². The maximum Gasteiger partial charge on any atom is 0.271 e. The number of carbonyl (C=O) groups is 3. The molecule has 0 atom stereocenters. The van der Waals surface area contributed by atoms with E-state index in [1.54, 1.807) is 13.1 Å². The molecule has 0 saturated heterocycles. The minimum atomic E-state index is -0.657. The van der Waals surface area contributed by atoms with Crippen LogP contribution in [0.5, 0.6) is 0 Å². The minimum absolute atomic E-state index is 0.0242. The lowest BCUT2D eigenvalue weighted by molar-refractivity contribution is -0.131. The lowest BCUT2D eigenvalue weighted by Crippen LogP contribution is -2.38. The van der Waals surface area contributed by atoms with Crippen molar-refractivity contribution in [1.29, 1.82) is 0 Å². The number of primary amides is 1. The molecule has 4 N–H and O–H groups in total. The van der Waals surface area contributed by atoms with Gasteiger partial charge in [0.1, 0.15) is 0 Å². The predicted octanol–water partition coefficient (Wildman–Crippen LogP) is 1.57. The van der Waals surface area contributed by atoms with Crippen LogP contribution in [0.4, 0.5) is 17.3 Å². The number of benzene rings is 1. The van der Waals surface area contributed by atoms with Gasteiger partial charge in [-0.25, -0.2) is 9.97 Å². The second-order valence-electron chi connectivity index (χ2n) is 9.21. The highest BCUT2D eigenvalue weighted by molar-refractivity contribution is 5.96. The molecule has 3 amide bonds. The monoisotopic (exact) mass is 524 g/mol. The van der Waals surface area contributed by atoms with Gasteiger partial charge < -0.3 is 31.1 Å². The number of aromatic nitrogens is 2. The number of nitrogens with two attached hydrogens (primary N) is 1. The van der Waals surface area contributed by atoms with Crippen molar-refractivity contribution in [2.24, 2.45) is 5.73 Å². The number of likely N-dealkylation sites (N-methyl/N-ethyl adjacent to an activating group) is 2. The number of rotatable bonds is 14. The van der Waals surface area contributed by atoms with E-state index < -0.39 is 5.91 Å². The Balaban J connectivity index is 2.02. The molecule has 0 saturated carbocycles. The summed E-state index contributed by atoms with van der Waals surface area (Å²) >= 11 is 0. The quantitative estimate of drug-likeness (QED) is 0.317. The number of carbonyl (C=O) groups excluding carboxylic acids is 3. The Hall–Kier alpha value is -3.99. The smallest absolute Gasteiger partial charge is 0.271 e. The van der Waals surface area contributed by atoms with Crippen molar-refractivity contribution in [2.75, 3.05) is 64.6 Å². The molecule has 2 aromatic rings. The SMILES string of the molecule is CCc1nc(C(N)=O)c(Nc2cccc(CCNC(=O)CN(C)C(=O)/C=C/CN(C)C)c2)nc1N(C)CC. The van der Waals surface area contributed by atoms with Crippen molar-refractivity contribution < 1.29 is 14.4 Å². The average molecular weight is 525 g/mol. The van der Waals surface area contributed by atoms with E-state index in [1.807, 2.05) is 69.1 Å². The van der Waals surface area contributed by atoms with E-state index in [1.165, 1.54) is 11.0 Å². The molecule has 0 aliphatic heterocycles. The second kappa shape index (κ2) is 14.7. The molecule has 1 aromatic carbocycles. The molecule has 11 heteroatoms. The summed E-state index contributed by atoms with van der Waals surface area (Å²) in [5, 5.41) is 6.03. The first-order valence-corrected chi connectivity index (χ1v) is 12.7. The Morgan fingerprint density at radius 2 is 1.82 bits per heavy atom. The van der Waals surface area contributed by atoms with Gasteiger partial charge in [0.05, 0.1) is 12.2 Å². The third-order valence-corrected chi connectivity index (χ3v) is 5.76. The summed E-state index contributed by atoms with van der Waals surface area (Å²) in [6, 6.07) is 7.60. The van der Waals surface area contributed by atoms with Gasteiger partial charge in [-0.1, -0.05) is 25.1 Å². The molecule has 206 valence electrons. The largest absolute Gasteiger partial charge is 0.364 e. The first kappa shape index (κ1) is 30.2. The first-order chi connectivity index (χ1) is 18.0. The van der Waals surface area contributed by atoms with Crippen molar-refractivity contribution in [2.45, 2.75) is 26.7 Å². The third-order valence-electron chi connectivity index (χ3n) is 5.76. The van der Waals surface area contributed by atoms with Crippen molar-refractivity contribution in [3.05, 3.63) is 53.4 Å². The molecule has 0 spiro atoms. The van der Waals surface area contributed by atoms with Crippen molar-refractivity contribution in [3.63, 3.8) is 0 Å². The van der Waals surface area contributed by atoms with Crippen LogP contribution in [0, 0.1) is 0 Å². The van der Waals surface area contributed by atoms with Gasteiger partial charge in [-0.15, -0.1) is 0 Å². The Bertz CT molecular complexity index is 1150. The fourth-order valence-corrected chi connectivity index (χ4v) is 3.54. The van der Waals surface area contributed by atoms with Gasteiger partial charge in [0.2, 0.25) is 11.8 Å². The minimum Gasteiger partial charge on any atom is -0.364 e. The van der Waals surface area contributed by atoms with Crippen LogP contribution in [0.3, 0.4) is 0 Å². The van der Waals surface area contributed by atoms with Crippen molar-refractivity contribution >= 4 is 35.0 Å². The van der Waals surface area contributed by atoms with E-state index in [-0.39, 0.29) is 24.1 Å². The van der Waals surface area contributed by atoms with Gasteiger partial charge in [-0.3, -0.25) is 14.4 Å². The van der Waals surface area contributed by atoms with Crippen LogP contribution in [0.25, 0.3) is 0 Å². The van der Waals surface area contributed by atoms with E-state index in [0.29, 0.717) is 43.3 Å². The molecule has 1 aromatic heterocycles. The number of aryl methyl sites for hydroxylation is 1. The zero-order valence-corrected chi connectivity index (χ0v) is 23.2. The summed E-state index contributed by atoms with van der Waals surface area (Å²) in [7, 11) is 7.34. The van der Waals surface area contributed by atoms with E-state index >= 15 is 0 Å². The summed E-state index contributed by atoms with van der Waals surface area (Å²) in [4.78, 5) is 50.9. The Labute approximate surface area is 225 Å². The predicted molar refractivity (Wildman–Crippen MR) is 151 cm³/mol. The number of anilines is 3. The fourth-order valence-electron chi connectivity index (χ4n) is 3.54. The van der Waals surface area contributed by atoms with Gasteiger partial charge in [0, 0.05) is 45.5 Å². The summed E-state index contributed by atoms with van der Waals surface area (Å²) in [5.41, 5.74) is 8.07. The zero-order valence-electron chi connectivity index (χ0n) is 23.2. The lowest BCUT2D eigenvalue weighted by Gasteiger charge is -2.21. The van der Waals surface area contributed by atoms with E-state index in [2.05, 4.69) is 20.6 Å². The number of nitrogens with one attached hydrogen (secondary N) is 2. The molecular weight excluding hydrogens is 484 g/mol. The Morgan fingerprint density at radius 3 is 2.45 bits per heavy atom. The lowest BCUT2D eigenvalue weighted by atomic mass is 10.1. The Kier molecular flexibility index (Phi) is 11.7. The van der Waals surface area contributed by atoms with Crippen LogP contribution in [0.1, 0.15) is 35.6 Å². The zero-order chi connectivity index (χ0) is 28.2.